The lowest BCUT2D eigenvalue weighted by Crippen LogP contribution is -1.88. The molecule has 24 heavy (non-hydrogen) atoms. The Kier molecular flexibility index (Phi) is 5.50. The van der Waals surface area contributed by atoms with Gasteiger partial charge in [-0.05, 0) is 41.3 Å². The zero-order chi connectivity index (χ0) is 16.8. The van der Waals surface area contributed by atoms with E-state index in [0.29, 0.717) is 5.92 Å². The number of hydrogen-bond donors (Lipinski definition) is 0. The van der Waals surface area contributed by atoms with Crippen LogP contribution < -0.4 is 0 Å². The van der Waals surface area contributed by atoms with Crippen molar-refractivity contribution in [2.75, 3.05) is 0 Å². The Labute approximate surface area is 148 Å². The van der Waals surface area contributed by atoms with Crippen LogP contribution in [0.2, 0.25) is 0 Å². The van der Waals surface area contributed by atoms with Gasteiger partial charge >= 0.3 is 0 Å². The Bertz CT molecular complexity index is 805. The molecule has 0 atom stereocenters. The second-order valence-corrected chi connectivity index (χ2v) is 7.08. The highest BCUT2D eigenvalue weighted by atomic mass is 32.2. The van der Waals surface area contributed by atoms with Crippen LogP contribution in [0.5, 0.6) is 0 Å². The van der Waals surface area contributed by atoms with Crippen molar-refractivity contribution >= 4 is 23.7 Å². The third-order valence-corrected chi connectivity index (χ3v) is 4.87. The van der Waals surface area contributed by atoms with E-state index in [-0.39, 0.29) is 0 Å². The maximum atomic E-state index is 4.70. The lowest BCUT2D eigenvalue weighted by Gasteiger charge is -2.06. The molecule has 3 aromatic rings. The van der Waals surface area contributed by atoms with Crippen LogP contribution in [0.1, 0.15) is 30.9 Å². The first-order valence-corrected chi connectivity index (χ1v) is 9.00. The maximum Gasteiger partial charge on any atom is 0.0769 e. The molecule has 0 bridgehead atoms. The van der Waals surface area contributed by atoms with Gasteiger partial charge in [0.2, 0.25) is 0 Å². The molecule has 3 rings (SSSR count). The highest BCUT2D eigenvalue weighted by Gasteiger charge is 2.02. The minimum absolute atomic E-state index is 0.555. The summed E-state index contributed by atoms with van der Waals surface area (Å²) in [5.74, 6) is 0.555. The van der Waals surface area contributed by atoms with Crippen LogP contribution in [0.3, 0.4) is 0 Å². The number of para-hydroxylation sites is 1. The highest BCUT2D eigenvalue weighted by molar-refractivity contribution is 7.99. The average Bonchev–Trinajstić information content (AvgIpc) is 2.62. The number of rotatable bonds is 5. The Balaban J connectivity index is 1.79. The number of benzene rings is 3. The van der Waals surface area contributed by atoms with Crippen molar-refractivity contribution in [1.82, 2.24) is 0 Å². The van der Waals surface area contributed by atoms with Crippen molar-refractivity contribution in [3.05, 3.63) is 90.0 Å². The van der Waals surface area contributed by atoms with Gasteiger partial charge < -0.3 is 0 Å². The molecule has 0 radical (unpaired) electrons. The van der Waals surface area contributed by atoms with Gasteiger partial charge in [-0.3, -0.25) is 4.99 Å². The largest absolute Gasteiger partial charge is 0.255 e. The van der Waals surface area contributed by atoms with Crippen LogP contribution in [-0.4, -0.2) is 6.21 Å². The normalized spacial score (nSPS) is 11.3. The van der Waals surface area contributed by atoms with Gasteiger partial charge in [-0.25, -0.2) is 0 Å². The van der Waals surface area contributed by atoms with Gasteiger partial charge in [-0.15, -0.1) is 0 Å². The highest BCUT2D eigenvalue weighted by Crippen LogP contribution is 2.34. The van der Waals surface area contributed by atoms with Crippen LogP contribution in [0.15, 0.2) is 93.6 Å². The van der Waals surface area contributed by atoms with Crippen molar-refractivity contribution < 1.29 is 0 Å². The molecule has 0 amide bonds. The summed E-state index contributed by atoms with van der Waals surface area (Å²) >= 11 is 1.74. The molecule has 3 aromatic carbocycles. The summed E-state index contributed by atoms with van der Waals surface area (Å²) in [7, 11) is 0. The topological polar surface area (TPSA) is 12.4 Å². The standard InChI is InChI=1S/C22H21NS/c1-17(2)19-14-12-18(13-15-19)16-23-21-10-6-7-11-22(21)24-20-8-4-3-5-9-20/h3-17H,1-2H3. The molecule has 0 fully saturated rings. The summed E-state index contributed by atoms with van der Waals surface area (Å²) in [4.78, 5) is 7.09. The van der Waals surface area contributed by atoms with Crippen LogP contribution >= 0.6 is 11.8 Å². The van der Waals surface area contributed by atoms with Crippen molar-refractivity contribution in [3.8, 4) is 0 Å². The van der Waals surface area contributed by atoms with Gasteiger partial charge in [0.25, 0.3) is 0 Å². The Morgan fingerprint density at radius 3 is 2.17 bits per heavy atom. The molecule has 0 spiro atoms. The van der Waals surface area contributed by atoms with Gasteiger partial charge in [-0.2, -0.15) is 0 Å². The first-order valence-electron chi connectivity index (χ1n) is 8.18. The molecular weight excluding hydrogens is 310 g/mol. The van der Waals surface area contributed by atoms with Gasteiger partial charge in [0.05, 0.1) is 5.69 Å². The summed E-state index contributed by atoms with van der Waals surface area (Å²) < 4.78 is 0. The smallest absolute Gasteiger partial charge is 0.0769 e. The quantitative estimate of drug-likeness (QED) is 0.473. The lowest BCUT2D eigenvalue weighted by molar-refractivity contribution is 0.866. The third kappa shape index (κ3) is 4.36. The van der Waals surface area contributed by atoms with Gasteiger partial charge in [-0.1, -0.05) is 80.2 Å². The molecule has 2 heteroatoms. The molecule has 0 aliphatic heterocycles. The number of aliphatic imine (C=N–C) groups is 1. The van der Waals surface area contributed by atoms with E-state index in [1.807, 2.05) is 18.3 Å². The SMILES string of the molecule is CC(C)c1ccc(C=Nc2ccccc2Sc2ccccc2)cc1. The number of nitrogens with zero attached hydrogens (tertiary/aromatic N) is 1. The fourth-order valence-corrected chi connectivity index (χ4v) is 3.30. The zero-order valence-electron chi connectivity index (χ0n) is 14.0. The predicted octanol–water partition coefficient (Wildman–Crippen LogP) is 6.71. The van der Waals surface area contributed by atoms with Crippen LogP contribution in [0.25, 0.3) is 0 Å². The monoisotopic (exact) mass is 331 g/mol. The van der Waals surface area contributed by atoms with E-state index in [1.54, 1.807) is 11.8 Å². The summed E-state index contributed by atoms with van der Waals surface area (Å²) in [6.07, 6.45) is 1.94. The van der Waals surface area contributed by atoms with Crippen molar-refractivity contribution in [1.29, 1.82) is 0 Å². The van der Waals surface area contributed by atoms with E-state index in [1.165, 1.54) is 15.4 Å². The molecule has 0 aliphatic carbocycles. The second kappa shape index (κ2) is 7.98. The Morgan fingerprint density at radius 1 is 0.792 bits per heavy atom. The van der Waals surface area contributed by atoms with E-state index in [2.05, 4.69) is 80.6 Å². The maximum absolute atomic E-state index is 4.70. The molecule has 0 aromatic heterocycles. The van der Waals surface area contributed by atoms with E-state index >= 15 is 0 Å². The summed E-state index contributed by atoms with van der Waals surface area (Å²) in [6, 6.07) is 27.3. The first-order chi connectivity index (χ1) is 11.7. The first kappa shape index (κ1) is 16.5. The molecule has 120 valence electrons. The molecule has 0 saturated heterocycles. The lowest BCUT2D eigenvalue weighted by atomic mass is 10.0. The van der Waals surface area contributed by atoms with E-state index in [4.69, 9.17) is 4.99 Å². The van der Waals surface area contributed by atoms with E-state index in [0.717, 1.165) is 11.3 Å². The summed E-state index contributed by atoms with van der Waals surface area (Å²) in [5, 5.41) is 0. The fraction of sp³-hybridized carbons (Fsp3) is 0.136. The van der Waals surface area contributed by atoms with Crippen LogP contribution in [0.4, 0.5) is 5.69 Å². The molecule has 0 unspecified atom stereocenters. The summed E-state index contributed by atoms with van der Waals surface area (Å²) in [5.41, 5.74) is 3.48. The minimum atomic E-state index is 0.555. The van der Waals surface area contributed by atoms with Crippen molar-refractivity contribution in [3.63, 3.8) is 0 Å². The van der Waals surface area contributed by atoms with Crippen molar-refractivity contribution in [2.45, 2.75) is 29.6 Å². The second-order valence-electron chi connectivity index (χ2n) is 5.96. The molecular formula is C22H21NS. The average molecular weight is 331 g/mol. The zero-order valence-corrected chi connectivity index (χ0v) is 14.8. The van der Waals surface area contributed by atoms with Gasteiger partial charge in [0.1, 0.15) is 0 Å². The van der Waals surface area contributed by atoms with Crippen LogP contribution in [0, 0.1) is 0 Å². The number of hydrogen-bond acceptors (Lipinski definition) is 2. The summed E-state index contributed by atoms with van der Waals surface area (Å²) in [6.45, 7) is 4.42. The van der Waals surface area contributed by atoms with E-state index < -0.39 is 0 Å². The Morgan fingerprint density at radius 2 is 1.46 bits per heavy atom. The molecule has 0 saturated carbocycles. The van der Waals surface area contributed by atoms with Gasteiger partial charge in [0, 0.05) is 16.0 Å². The minimum Gasteiger partial charge on any atom is -0.255 e. The molecule has 1 nitrogen and oxygen atoms in total. The van der Waals surface area contributed by atoms with Crippen molar-refractivity contribution in [2.24, 2.45) is 4.99 Å². The predicted molar refractivity (Wildman–Crippen MR) is 105 cm³/mol. The Hall–Kier alpha value is -2.32. The van der Waals surface area contributed by atoms with E-state index in [9.17, 15) is 0 Å². The van der Waals surface area contributed by atoms with Crippen LogP contribution in [-0.2, 0) is 0 Å². The molecule has 0 N–H and O–H groups in total. The third-order valence-electron chi connectivity index (χ3n) is 3.79. The molecule has 0 aliphatic rings. The van der Waals surface area contributed by atoms with Gasteiger partial charge in [0.15, 0.2) is 0 Å². The molecule has 0 heterocycles. The fourth-order valence-electron chi connectivity index (χ4n) is 2.38.